The average Bonchev–Trinajstić information content (AvgIpc) is 2.81. The Morgan fingerprint density at radius 3 is 2.94 bits per heavy atom. The normalized spacial score (nSPS) is 10.6. The second-order valence-corrected chi connectivity index (χ2v) is 3.67. The fraction of sp³-hybridized carbons (Fsp3) is 0.333. The van der Waals surface area contributed by atoms with E-state index in [4.69, 9.17) is 0 Å². The molecule has 1 N–H and O–H groups in total. The fourth-order valence-corrected chi connectivity index (χ4v) is 1.49. The van der Waals surface area contributed by atoms with Gasteiger partial charge < -0.3 is 9.88 Å². The maximum Gasteiger partial charge on any atom is 0.0949 e. The summed E-state index contributed by atoms with van der Waals surface area (Å²) >= 11 is 0. The number of nitrogens with zero attached hydrogens (tertiary/aromatic N) is 3. The van der Waals surface area contributed by atoms with Gasteiger partial charge in [-0.25, -0.2) is 4.98 Å². The van der Waals surface area contributed by atoms with Crippen LogP contribution in [0.5, 0.6) is 0 Å². The maximum atomic E-state index is 4.42. The van der Waals surface area contributed by atoms with Crippen LogP contribution >= 0.6 is 0 Å². The molecule has 4 heteroatoms. The quantitative estimate of drug-likeness (QED) is 0.822. The van der Waals surface area contributed by atoms with Crippen LogP contribution in [0.25, 0.3) is 0 Å². The number of aromatic nitrogens is 3. The van der Waals surface area contributed by atoms with Crippen molar-refractivity contribution in [3.63, 3.8) is 0 Å². The summed E-state index contributed by atoms with van der Waals surface area (Å²) in [6.45, 7) is 4.74. The molecule has 0 amide bonds. The topological polar surface area (TPSA) is 42.7 Å². The van der Waals surface area contributed by atoms with E-state index in [1.54, 1.807) is 12.5 Å². The highest BCUT2D eigenvalue weighted by atomic mass is 15.0. The van der Waals surface area contributed by atoms with Crippen molar-refractivity contribution < 1.29 is 0 Å². The molecule has 2 aromatic rings. The van der Waals surface area contributed by atoms with Crippen LogP contribution < -0.4 is 5.32 Å². The van der Waals surface area contributed by atoms with Crippen molar-refractivity contribution in [2.24, 2.45) is 0 Å². The molecule has 0 unspecified atom stereocenters. The first-order valence-corrected chi connectivity index (χ1v) is 5.48. The summed E-state index contributed by atoms with van der Waals surface area (Å²) in [5.74, 6) is 0. The number of pyridine rings is 1. The van der Waals surface area contributed by atoms with Crippen LogP contribution in [0.1, 0.15) is 18.2 Å². The molecule has 2 heterocycles. The van der Waals surface area contributed by atoms with Crippen LogP contribution in [-0.4, -0.2) is 21.1 Å². The first-order chi connectivity index (χ1) is 7.88. The molecule has 2 aromatic heterocycles. The summed E-state index contributed by atoms with van der Waals surface area (Å²) in [4.78, 5) is 8.42. The predicted molar refractivity (Wildman–Crippen MR) is 62.9 cm³/mol. The lowest BCUT2D eigenvalue weighted by atomic mass is 10.2. The first kappa shape index (κ1) is 10.8. The van der Waals surface area contributed by atoms with Crippen molar-refractivity contribution in [2.45, 2.75) is 20.0 Å². The predicted octanol–water partition coefficient (Wildman–Crippen LogP) is 1.44. The molecule has 2 rings (SSSR count). The van der Waals surface area contributed by atoms with Crippen LogP contribution in [-0.2, 0) is 13.1 Å². The van der Waals surface area contributed by atoms with Crippen molar-refractivity contribution >= 4 is 0 Å². The van der Waals surface area contributed by atoms with E-state index in [-0.39, 0.29) is 0 Å². The third-order valence-electron chi connectivity index (χ3n) is 2.37. The summed E-state index contributed by atoms with van der Waals surface area (Å²) in [7, 11) is 0. The minimum atomic E-state index is 0.779. The lowest BCUT2D eigenvalue weighted by Crippen LogP contribution is -2.12. The van der Waals surface area contributed by atoms with Gasteiger partial charge in [0.1, 0.15) is 0 Å². The fourth-order valence-electron chi connectivity index (χ4n) is 1.49. The Labute approximate surface area is 95.4 Å². The van der Waals surface area contributed by atoms with E-state index in [0.717, 1.165) is 25.3 Å². The minimum Gasteiger partial charge on any atom is -0.331 e. The van der Waals surface area contributed by atoms with Gasteiger partial charge >= 0.3 is 0 Å². The highest BCUT2D eigenvalue weighted by Gasteiger charge is 1.97. The van der Waals surface area contributed by atoms with Crippen LogP contribution in [0, 0.1) is 0 Å². The molecule has 0 saturated heterocycles. The monoisotopic (exact) mass is 216 g/mol. The smallest absolute Gasteiger partial charge is 0.0949 e. The maximum absolute atomic E-state index is 4.42. The van der Waals surface area contributed by atoms with Gasteiger partial charge in [-0.1, -0.05) is 13.0 Å². The average molecular weight is 216 g/mol. The summed E-state index contributed by atoms with van der Waals surface area (Å²) in [6.07, 6.45) is 7.44. The molecule has 0 bridgehead atoms. The van der Waals surface area contributed by atoms with Crippen LogP contribution in [0.2, 0.25) is 0 Å². The van der Waals surface area contributed by atoms with Crippen molar-refractivity contribution in [3.05, 3.63) is 48.3 Å². The summed E-state index contributed by atoms with van der Waals surface area (Å²) in [6, 6.07) is 4.18. The summed E-state index contributed by atoms with van der Waals surface area (Å²) in [5, 5.41) is 3.27. The van der Waals surface area contributed by atoms with E-state index in [0.29, 0.717) is 0 Å². The van der Waals surface area contributed by atoms with Gasteiger partial charge in [-0.2, -0.15) is 0 Å². The van der Waals surface area contributed by atoms with E-state index in [1.807, 2.05) is 17.0 Å². The first-order valence-electron chi connectivity index (χ1n) is 5.48. The molecule has 0 fully saturated rings. The lowest BCUT2D eigenvalue weighted by Gasteiger charge is -2.04. The van der Waals surface area contributed by atoms with Crippen molar-refractivity contribution in [1.82, 2.24) is 19.9 Å². The van der Waals surface area contributed by atoms with Gasteiger partial charge in [0.15, 0.2) is 0 Å². The third kappa shape index (κ3) is 2.90. The van der Waals surface area contributed by atoms with Gasteiger partial charge in [-0.3, -0.25) is 4.98 Å². The van der Waals surface area contributed by atoms with E-state index in [2.05, 4.69) is 34.3 Å². The van der Waals surface area contributed by atoms with Crippen molar-refractivity contribution in [3.8, 4) is 0 Å². The van der Waals surface area contributed by atoms with E-state index >= 15 is 0 Å². The highest BCUT2D eigenvalue weighted by molar-refractivity contribution is 5.14. The van der Waals surface area contributed by atoms with Crippen molar-refractivity contribution in [2.75, 3.05) is 6.54 Å². The van der Waals surface area contributed by atoms with Gasteiger partial charge in [0, 0.05) is 25.1 Å². The Hall–Kier alpha value is -1.68. The molecular weight excluding hydrogens is 200 g/mol. The molecule has 0 spiro atoms. The number of hydrogen-bond acceptors (Lipinski definition) is 3. The molecular formula is C12H16N4. The minimum absolute atomic E-state index is 0.779. The molecule has 0 saturated carbocycles. The molecule has 0 aromatic carbocycles. The molecule has 0 aliphatic carbocycles. The number of imidazole rings is 1. The van der Waals surface area contributed by atoms with Gasteiger partial charge in [0.2, 0.25) is 0 Å². The zero-order chi connectivity index (χ0) is 11.2. The Bertz CT molecular complexity index is 405. The van der Waals surface area contributed by atoms with Gasteiger partial charge in [0.05, 0.1) is 18.6 Å². The molecule has 0 radical (unpaired) electrons. The van der Waals surface area contributed by atoms with Gasteiger partial charge in [-0.15, -0.1) is 0 Å². The number of hydrogen-bond donors (Lipinski definition) is 1. The molecule has 0 aliphatic heterocycles. The Kier molecular flexibility index (Phi) is 3.66. The molecule has 0 atom stereocenters. The lowest BCUT2D eigenvalue weighted by molar-refractivity contribution is 0.719. The van der Waals surface area contributed by atoms with E-state index in [9.17, 15) is 0 Å². The largest absolute Gasteiger partial charge is 0.331 e. The zero-order valence-corrected chi connectivity index (χ0v) is 9.43. The standard InChI is InChI=1S/C12H16N4/c1-2-13-7-11-3-4-12(15-8-11)9-16-6-5-14-10-16/h3-6,8,10,13H,2,7,9H2,1H3. The molecule has 84 valence electrons. The van der Waals surface area contributed by atoms with Crippen molar-refractivity contribution in [1.29, 1.82) is 0 Å². The van der Waals surface area contributed by atoms with Crippen LogP contribution in [0.3, 0.4) is 0 Å². The van der Waals surface area contributed by atoms with Gasteiger partial charge in [-0.05, 0) is 18.2 Å². The number of rotatable bonds is 5. The Balaban J connectivity index is 1.96. The molecule has 0 aliphatic rings. The second-order valence-electron chi connectivity index (χ2n) is 3.67. The van der Waals surface area contributed by atoms with Gasteiger partial charge in [0.25, 0.3) is 0 Å². The Morgan fingerprint density at radius 1 is 1.38 bits per heavy atom. The molecule has 16 heavy (non-hydrogen) atoms. The Morgan fingerprint density at radius 2 is 2.31 bits per heavy atom. The molecule has 4 nitrogen and oxygen atoms in total. The van der Waals surface area contributed by atoms with E-state index in [1.165, 1.54) is 5.56 Å². The SMILES string of the molecule is CCNCc1ccc(Cn2ccnc2)nc1. The highest BCUT2D eigenvalue weighted by Crippen LogP contribution is 2.02. The third-order valence-corrected chi connectivity index (χ3v) is 2.37. The van der Waals surface area contributed by atoms with E-state index < -0.39 is 0 Å². The second kappa shape index (κ2) is 5.42. The van der Waals surface area contributed by atoms with Crippen LogP contribution in [0.4, 0.5) is 0 Å². The zero-order valence-electron chi connectivity index (χ0n) is 9.43. The number of nitrogens with one attached hydrogen (secondary N) is 1. The van der Waals surface area contributed by atoms with Crippen LogP contribution in [0.15, 0.2) is 37.1 Å². The summed E-state index contributed by atoms with van der Waals surface area (Å²) in [5.41, 5.74) is 2.27. The summed E-state index contributed by atoms with van der Waals surface area (Å²) < 4.78 is 2.01.